The van der Waals surface area contributed by atoms with Crippen LogP contribution in [0.25, 0.3) is 0 Å². The van der Waals surface area contributed by atoms with Gasteiger partial charge in [0.1, 0.15) is 11.1 Å². The van der Waals surface area contributed by atoms with Gasteiger partial charge in [-0.2, -0.15) is 0 Å². The molecule has 1 aromatic rings. The largest absolute Gasteiger partial charge is 0.456 e. The Kier molecular flexibility index (Phi) is 6.77. The molecular weight excluding hydrogens is 380 g/mol. The van der Waals surface area contributed by atoms with Crippen LogP contribution in [-0.4, -0.2) is 41.4 Å². The smallest absolute Gasteiger partial charge is 0.303 e. The first kappa shape index (κ1) is 18.9. The molecule has 1 aromatic carbocycles. The molecule has 1 heterocycles. The number of hydrogen-bond donors (Lipinski definition) is 0. The Labute approximate surface area is 149 Å². The summed E-state index contributed by atoms with van der Waals surface area (Å²) in [6.07, 6.45) is -2.56. The molecular formula is C17H21BrO6. The lowest BCUT2D eigenvalue weighted by Crippen LogP contribution is -2.58. The van der Waals surface area contributed by atoms with E-state index in [2.05, 4.69) is 15.9 Å². The number of carbonyl (C=O) groups is 2. The second-order valence-electron chi connectivity index (χ2n) is 5.60. The van der Waals surface area contributed by atoms with Crippen LogP contribution in [-0.2, 0) is 35.1 Å². The van der Waals surface area contributed by atoms with Gasteiger partial charge in [-0.15, -0.1) is 0 Å². The van der Waals surface area contributed by atoms with Crippen LogP contribution in [0.5, 0.6) is 0 Å². The zero-order chi connectivity index (χ0) is 17.7. The molecule has 0 aliphatic carbocycles. The minimum Gasteiger partial charge on any atom is -0.456 e. The van der Waals surface area contributed by atoms with Gasteiger partial charge in [0.05, 0.1) is 12.7 Å². The second-order valence-corrected chi connectivity index (χ2v) is 6.50. The van der Waals surface area contributed by atoms with E-state index >= 15 is 0 Å². The Morgan fingerprint density at radius 3 is 2.21 bits per heavy atom. The van der Waals surface area contributed by atoms with Crippen LogP contribution in [0.4, 0.5) is 0 Å². The van der Waals surface area contributed by atoms with Crippen LogP contribution in [0.2, 0.25) is 0 Å². The number of benzene rings is 1. The summed E-state index contributed by atoms with van der Waals surface area (Å²) < 4.78 is 22.4. The van der Waals surface area contributed by atoms with Gasteiger partial charge in [0.25, 0.3) is 0 Å². The lowest BCUT2D eigenvalue weighted by Gasteiger charge is -2.42. The summed E-state index contributed by atoms with van der Waals surface area (Å²) in [6, 6.07) is 9.60. The predicted molar refractivity (Wildman–Crippen MR) is 89.4 cm³/mol. The molecule has 0 bridgehead atoms. The minimum atomic E-state index is -0.761. The number of carbonyl (C=O) groups excluding carboxylic acids is 2. The molecule has 1 aliphatic rings. The van der Waals surface area contributed by atoms with Crippen molar-refractivity contribution in [1.82, 2.24) is 0 Å². The summed E-state index contributed by atoms with van der Waals surface area (Å²) in [5.41, 5.74) is 0.974. The molecule has 2 rings (SSSR count). The highest BCUT2D eigenvalue weighted by Gasteiger charge is 2.48. The van der Waals surface area contributed by atoms with Crippen LogP contribution in [0.1, 0.15) is 26.3 Å². The third-order valence-corrected chi connectivity index (χ3v) is 4.34. The zero-order valence-corrected chi connectivity index (χ0v) is 15.4. The molecule has 132 valence electrons. The number of hydrogen-bond acceptors (Lipinski definition) is 6. The molecule has 1 fully saturated rings. The first-order valence-electron chi connectivity index (χ1n) is 7.68. The fraction of sp³-hybridized carbons (Fsp3) is 0.529. The van der Waals surface area contributed by atoms with Crippen molar-refractivity contribution in [2.24, 2.45) is 0 Å². The Bertz CT molecular complexity index is 563. The van der Waals surface area contributed by atoms with Gasteiger partial charge in [-0.1, -0.05) is 46.3 Å². The molecule has 0 radical (unpaired) electrons. The molecule has 0 amide bonds. The quantitative estimate of drug-likeness (QED) is 0.558. The van der Waals surface area contributed by atoms with E-state index in [9.17, 15) is 9.59 Å². The SMILES string of the molecule is CC(=O)O[C@@H]1[C@@H](OC(C)=O)[C@H](C)O[C@@H](Br)[C@@H]1OCc1ccccc1. The van der Waals surface area contributed by atoms with Crippen molar-refractivity contribution in [2.75, 3.05) is 0 Å². The standard InChI is InChI=1S/C17H21BrO6/c1-10-14(23-11(2)19)15(24-12(3)20)16(17(18)22-10)21-9-13-7-5-4-6-8-13/h4-8,10,14-17H,9H2,1-3H3/t10-,14-,15+,16+,17+/m0/s1. The molecule has 0 aromatic heterocycles. The molecule has 1 saturated heterocycles. The van der Waals surface area contributed by atoms with Crippen LogP contribution < -0.4 is 0 Å². The molecule has 1 aliphatic heterocycles. The molecule has 7 heteroatoms. The Hall–Kier alpha value is -1.44. The fourth-order valence-corrected chi connectivity index (χ4v) is 3.37. The molecule has 24 heavy (non-hydrogen) atoms. The maximum Gasteiger partial charge on any atom is 0.303 e. The van der Waals surface area contributed by atoms with E-state index in [0.29, 0.717) is 6.61 Å². The zero-order valence-electron chi connectivity index (χ0n) is 13.8. The van der Waals surface area contributed by atoms with E-state index in [4.69, 9.17) is 18.9 Å². The second kappa shape index (κ2) is 8.60. The van der Waals surface area contributed by atoms with Crippen LogP contribution in [0.15, 0.2) is 30.3 Å². The highest BCUT2D eigenvalue weighted by atomic mass is 79.9. The van der Waals surface area contributed by atoms with Crippen molar-refractivity contribution in [3.63, 3.8) is 0 Å². The van der Waals surface area contributed by atoms with E-state index in [0.717, 1.165) is 5.56 Å². The van der Waals surface area contributed by atoms with Gasteiger partial charge in [0.15, 0.2) is 12.2 Å². The maximum absolute atomic E-state index is 11.5. The molecule has 0 saturated carbocycles. The third-order valence-electron chi connectivity index (χ3n) is 3.60. The summed E-state index contributed by atoms with van der Waals surface area (Å²) >= 11 is 3.41. The number of halogens is 1. The summed E-state index contributed by atoms with van der Waals surface area (Å²) in [5.74, 6) is -0.943. The van der Waals surface area contributed by atoms with E-state index in [1.165, 1.54) is 13.8 Å². The third kappa shape index (κ3) is 5.03. The van der Waals surface area contributed by atoms with Crippen molar-refractivity contribution < 1.29 is 28.5 Å². The lowest BCUT2D eigenvalue weighted by atomic mass is 10.00. The normalized spacial score (nSPS) is 29.8. The highest BCUT2D eigenvalue weighted by Crippen LogP contribution is 2.31. The first-order chi connectivity index (χ1) is 11.4. The van der Waals surface area contributed by atoms with E-state index < -0.39 is 41.4 Å². The predicted octanol–water partition coefficient (Wildman–Crippen LogP) is 2.57. The number of alkyl halides is 1. The molecule has 0 unspecified atom stereocenters. The van der Waals surface area contributed by atoms with Gasteiger partial charge in [-0.3, -0.25) is 9.59 Å². The highest BCUT2D eigenvalue weighted by molar-refractivity contribution is 9.09. The summed E-state index contributed by atoms with van der Waals surface area (Å²) in [6.45, 7) is 4.68. The summed E-state index contributed by atoms with van der Waals surface area (Å²) in [7, 11) is 0. The van der Waals surface area contributed by atoms with Gasteiger partial charge in [-0.25, -0.2) is 0 Å². The van der Waals surface area contributed by atoms with Crippen LogP contribution in [0.3, 0.4) is 0 Å². The van der Waals surface area contributed by atoms with Crippen molar-refractivity contribution in [3.05, 3.63) is 35.9 Å². The Balaban J connectivity index is 2.16. The lowest BCUT2D eigenvalue weighted by molar-refractivity contribution is -0.231. The Morgan fingerprint density at radius 2 is 1.62 bits per heavy atom. The van der Waals surface area contributed by atoms with Gasteiger partial charge < -0.3 is 18.9 Å². The Morgan fingerprint density at radius 1 is 1.04 bits per heavy atom. The maximum atomic E-state index is 11.5. The molecule has 5 atom stereocenters. The van der Waals surface area contributed by atoms with Crippen LogP contribution in [0, 0.1) is 0 Å². The van der Waals surface area contributed by atoms with Gasteiger partial charge in [-0.05, 0) is 12.5 Å². The molecule has 6 nitrogen and oxygen atoms in total. The number of esters is 2. The summed E-state index contributed by atoms with van der Waals surface area (Å²) in [5, 5.41) is -0.493. The molecule has 0 spiro atoms. The fourth-order valence-electron chi connectivity index (χ4n) is 2.58. The van der Waals surface area contributed by atoms with E-state index in [1.54, 1.807) is 6.92 Å². The monoisotopic (exact) mass is 400 g/mol. The average molecular weight is 401 g/mol. The summed E-state index contributed by atoms with van der Waals surface area (Å²) in [4.78, 5) is 22.9. The van der Waals surface area contributed by atoms with E-state index in [-0.39, 0.29) is 0 Å². The van der Waals surface area contributed by atoms with Crippen molar-refractivity contribution >= 4 is 27.9 Å². The first-order valence-corrected chi connectivity index (χ1v) is 8.59. The van der Waals surface area contributed by atoms with Crippen LogP contribution >= 0.6 is 15.9 Å². The minimum absolute atomic E-state index is 0.315. The van der Waals surface area contributed by atoms with E-state index in [1.807, 2.05) is 30.3 Å². The van der Waals surface area contributed by atoms with Crippen molar-refractivity contribution in [3.8, 4) is 0 Å². The van der Waals surface area contributed by atoms with Gasteiger partial charge >= 0.3 is 11.9 Å². The topological polar surface area (TPSA) is 71.1 Å². The molecule has 0 N–H and O–H groups in total. The average Bonchev–Trinajstić information content (AvgIpc) is 2.51. The number of ether oxygens (including phenoxy) is 4. The number of rotatable bonds is 5. The van der Waals surface area contributed by atoms with Crippen molar-refractivity contribution in [1.29, 1.82) is 0 Å². The van der Waals surface area contributed by atoms with Gasteiger partial charge in [0, 0.05) is 13.8 Å². The van der Waals surface area contributed by atoms with Crippen molar-refractivity contribution in [2.45, 2.75) is 56.8 Å². The van der Waals surface area contributed by atoms with Gasteiger partial charge in [0.2, 0.25) is 0 Å².